The number of fused-ring (bicyclic) bond motifs is 5. The fraction of sp³-hybridized carbons (Fsp3) is 0.818. The molecule has 4 nitrogen and oxygen atoms in total. The first-order valence-electron chi connectivity index (χ1n) is 10.6. The number of ketones is 1. The molecule has 0 aromatic carbocycles. The number of carbonyl (C=O) groups excluding carboxylic acids is 2. The summed E-state index contributed by atoms with van der Waals surface area (Å²) in [5.74, 6) is 1.00. The summed E-state index contributed by atoms with van der Waals surface area (Å²) >= 11 is 0. The summed E-state index contributed by atoms with van der Waals surface area (Å²) < 4.78 is 0. The van der Waals surface area contributed by atoms with Crippen LogP contribution in [-0.4, -0.2) is 41.6 Å². The van der Waals surface area contributed by atoms with Gasteiger partial charge in [-0.1, -0.05) is 19.9 Å². The van der Waals surface area contributed by atoms with E-state index in [-0.39, 0.29) is 40.3 Å². The van der Waals surface area contributed by atoms with Crippen LogP contribution in [0.25, 0.3) is 0 Å². The maximum atomic E-state index is 12.4. The van der Waals surface area contributed by atoms with Crippen molar-refractivity contribution in [3.8, 4) is 0 Å². The normalized spacial score (nSPS) is 49.1. The van der Waals surface area contributed by atoms with Crippen LogP contribution in [0.1, 0.15) is 66.2 Å². The highest BCUT2D eigenvalue weighted by atomic mass is 16.3. The molecule has 1 heterocycles. The van der Waals surface area contributed by atoms with Crippen LogP contribution in [0.2, 0.25) is 0 Å². The van der Waals surface area contributed by atoms with Gasteiger partial charge in [0.2, 0.25) is 5.91 Å². The lowest BCUT2D eigenvalue weighted by atomic mass is 9.40. The van der Waals surface area contributed by atoms with Crippen LogP contribution in [0.5, 0.6) is 0 Å². The third-order valence-electron chi connectivity index (χ3n) is 8.67. The second kappa shape index (κ2) is 5.95. The first-order chi connectivity index (χ1) is 12.6. The summed E-state index contributed by atoms with van der Waals surface area (Å²) in [7, 11) is 6.66. The Bertz CT molecular complexity index is 716. The highest BCUT2D eigenvalue weighted by Gasteiger charge is 2.66. The van der Waals surface area contributed by atoms with E-state index in [1.807, 2.05) is 11.8 Å². The van der Waals surface area contributed by atoms with E-state index in [0.717, 1.165) is 31.4 Å². The Morgan fingerprint density at radius 1 is 1.37 bits per heavy atom. The second-order valence-electron chi connectivity index (χ2n) is 10.0. The lowest BCUT2D eigenvalue weighted by molar-refractivity contribution is -0.162. The number of aliphatic hydroxyl groups is 1. The predicted octanol–water partition coefficient (Wildman–Crippen LogP) is 3.04. The molecule has 3 fully saturated rings. The Labute approximate surface area is 164 Å². The molecule has 1 aliphatic heterocycles. The molecule has 1 saturated heterocycles. The molecule has 27 heavy (non-hydrogen) atoms. The standard InChI is InChI=1S/C22H32BNO3/c1-5-24-17-9-6-14-16-8-7-15(13(2)25)21(16,4)12-22(23,27)19(14)20(17,3)11-10-18(24)26/h9,14-16,19,27H,5-8,10-12H2,1-4H3/t14?,15-,16?,19?,20+,21-,22+/m1/s1. The van der Waals surface area contributed by atoms with Gasteiger partial charge >= 0.3 is 0 Å². The van der Waals surface area contributed by atoms with Gasteiger partial charge in [0.25, 0.3) is 0 Å². The molecule has 0 aromatic heterocycles. The van der Waals surface area contributed by atoms with E-state index in [9.17, 15) is 14.7 Å². The minimum absolute atomic E-state index is 0.00298. The van der Waals surface area contributed by atoms with Gasteiger partial charge < -0.3 is 10.0 Å². The molecule has 0 bridgehead atoms. The van der Waals surface area contributed by atoms with Crippen LogP contribution >= 0.6 is 0 Å². The van der Waals surface area contributed by atoms with Crippen LogP contribution < -0.4 is 0 Å². The fourth-order valence-electron chi connectivity index (χ4n) is 7.86. The Morgan fingerprint density at radius 3 is 2.70 bits per heavy atom. The topological polar surface area (TPSA) is 57.6 Å². The van der Waals surface area contributed by atoms with Gasteiger partial charge in [0.15, 0.2) is 0 Å². The van der Waals surface area contributed by atoms with E-state index < -0.39 is 5.50 Å². The van der Waals surface area contributed by atoms with E-state index in [2.05, 4.69) is 19.9 Å². The van der Waals surface area contributed by atoms with Gasteiger partial charge in [0.1, 0.15) is 13.6 Å². The Hall–Kier alpha value is -1.10. The average molecular weight is 369 g/mol. The van der Waals surface area contributed by atoms with Crippen molar-refractivity contribution in [3.63, 3.8) is 0 Å². The van der Waals surface area contributed by atoms with E-state index in [0.29, 0.717) is 25.3 Å². The van der Waals surface area contributed by atoms with Crippen molar-refractivity contribution in [1.82, 2.24) is 4.90 Å². The van der Waals surface area contributed by atoms with E-state index in [1.54, 1.807) is 6.92 Å². The summed E-state index contributed by atoms with van der Waals surface area (Å²) in [4.78, 5) is 26.7. The maximum Gasteiger partial charge on any atom is 0.226 e. The number of carbonyl (C=O) groups is 2. The molecule has 2 radical (unpaired) electrons. The number of piperidine rings is 1. The molecule has 3 unspecified atom stereocenters. The molecule has 5 heteroatoms. The second-order valence-corrected chi connectivity index (χ2v) is 10.0. The van der Waals surface area contributed by atoms with Crippen molar-refractivity contribution in [2.24, 2.45) is 34.5 Å². The van der Waals surface area contributed by atoms with Crippen LogP contribution in [0, 0.1) is 34.5 Å². The molecule has 3 aliphatic carbocycles. The van der Waals surface area contributed by atoms with Crippen molar-refractivity contribution in [3.05, 3.63) is 11.8 Å². The van der Waals surface area contributed by atoms with E-state index in [1.165, 1.54) is 0 Å². The summed E-state index contributed by atoms with van der Waals surface area (Å²) in [6, 6.07) is 0. The van der Waals surface area contributed by atoms with Crippen molar-refractivity contribution in [1.29, 1.82) is 0 Å². The Kier molecular flexibility index (Phi) is 4.24. The smallest absolute Gasteiger partial charge is 0.226 e. The Morgan fingerprint density at radius 2 is 2.07 bits per heavy atom. The van der Waals surface area contributed by atoms with E-state index >= 15 is 0 Å². The number of amides is 1. The van der Waals surface area contributed by atoms with Crippen LogP contribution in [0.15, 0.2) is 11.8 Å². The molecule has 0 spiro atoms. The van der Waals surface area contributed by atoms with Crippen LogP contribution in [-0.2, 0) is 9.59 Å². The van der Waals surface area contributed by atoms with Gasteiger partial charge in [-0.15, -0.1) is 0 Å². The highest BCUT2D eigenvalue weighted by molar-refractivity contribution is 6.14. The highest BCUT2D eigenvalue weighted by Crippen LogP contribution is 2.68. The average Bonchev–Trinajstić information content (AvgIpc) is 2.90. The molecular formula is C22H32BNO3. The quantitative estimate of drug-likeness (QED) is 0.762. The zero-order valence-electron chi connectivity index (χ0n) is 17.1. The largest absolute Gasteiger partial charge is 0.399 e. The lowest BCUT2D eigenvalue weighted by Gasteiger charge is -2.63. The number of rotatable bonds is 2. The van der Waals surface area contributed by atoms with Gasteiger partial charge in [-0.05, 0) is 69.1 Å². The molecular weight excluding hydrogens is 337 g/mol. The predicted molar refractivity (Wildman–Crippen MR) is 105 cm³/mol. The van der Waals surface area contributed by atoms with Gasteiger partial charge in [-0.2, -0.15) is 0 Å². The molecule has 7 atom stereocenters. The van der Waals surface area contributed by atoms with Crippen molar-refractivity contribution < 1.29 is 14.7 Å². The lowest BCUT2D eigenvalue weighted by Crippen LogP contribution is -2.64. The molecule has 1 N–H and O–H groups in total. The molecule has 146 valence electrons. The van der Waals surface area contributed by atoms with Gasteiger partial charge in [0.05, 0.1) is 0 Å². The van der Waals surface area contributed by atoms with E-state index in [4.69, 9.17) is 7.85 Å². The molecule has 1 amide bonds. The summed E-state index contributed by atoms with van der Waals surface area (Å²) in [6.07, 6.45) is 6.75. The Balaban J connectivity index is 1.80. The van der Waals surface area contributed by atoms with Gasteiger partial charge in [0, 0.05) is 35.5 Å². The molecule has 2 saturated carbocycles. The minimum Gasteiger partial charge on any atom is -0.399 e. The number of hydrogen-bond acceptors (Lipinski definition) is 3. The maximum absolute atomic E-state index is 12.4. The summed E-state index contributed by atoms with van der Waals surface area (Å²) in [6.45, 7) is 8.73. The minimum atomic E-state index is -1.32. The SMILES string of the molecule is [B][C@]1(O)C[C@@]2(C)C(CC[C@@H]2C(C)=O)C2CC=C3N(CC)C(=O)CC[C@]3(C)C21. The summed E-state index contributed by atoms with van der Waals surface area (Å²) in [5, 5.41) is 11.5. The number of hydrogen-bond donors (Lipinski definition) is 1. The van der Waals surface area contributed by atoms with Crippen molar-refractivity contribution in [2.45, 2.75) is 71.7 Å². The monoisotopic (exact) mass is 369 g/mol. The third-order valence-corrected chi connectivity index (χ3v) is 8.67. The zero-order chi connectivity index (χ0) is 19.8. The van der Waals surface area contributed by atoms with Crippen molar-refractivity contribution >= 4 is 19.5 Å². The summed E-state index contributed by atoms with van der Waals surface area (Å²) in [5.41, 5.74) is -0.766. The van der Waals surface area contributed by atoms with Crippen molar-refractivity contribution in [2.75, 3.05) is 6.54 Å². The fourth-order valence-corrected chi connectivity index (χ4v) is 7.86. The van der Waals surface area contributed by atoms with Crippen LogP contribution in [0.3, 0.4) is 0 Å². The zero-order valence-corrected chi connectivity index (χ0v) is 17.1. The number of allylic oxidation sites excluding steroid dienone is 2. The van der Waals surface area contributed by atoms with Crippen LogP contribution in [0.4, 0.5) is 0 Å². The van der Waals surface area contributed by atoms with Gasteiger partial charge in [-0.3, -0.25) is 9.59 Å². The number of nitrogens with zero attached hydrogens (tertiary/aromatic N) is 1. The molecule has 4 aliphatic rings. The molecule has 0 aromatic rings. The first kappa shape index (κ1) is 19.2. The number of likely N-dealkylation sites (tertiary alicyclic amines) is 1. The first-order valence-corrected chi connectivity index (χ1v) is 10.6. The number of Topliss-reactive ketones (excluding diaryl/α,β-unsaturated/α-hetero) is 1. The molecule has 4 rings (SSSR count). The van der Waals surface area contributed by atoms with Gasteiger partial charge in [-0.25, -0.2) is 0 Å². The third kappa shape index (κ3) is 2.46.